The van der Waals surface area contributed by atoms with Gasteiger partial charge in [0, 0.05) is 24.2 Å². The molecule has 6 nitrogen and oxygen atoms in total. The maximum Gasteiger partial charge on any atom is 0.269 e. The molecule has 0 radical (unpaired) electrons. The Morgan fingerprint density at radius 3 is 2.57 bits per heavy atom. The highest BCUT2D eigenvalue weighted by atomic mass is 16.6. The third-order valence-corrected chi connectivity index (χ3v) is 3.02. The number of hydrogen-bond donors (Lipinski definition) is 1. The van der Waals surface area contributed by atoms with E-state index in [1.807, 2.05) is 13.0 Å². The summed E-state index contributed by atoms with van der Waals surface area (Å²) in [6, 6.07) is 9.97. The molecule has 0 aliphatic heterocycles. The van der Waals surface area contributed by atoms with Gasteiger partial charge >= 0.3 is 0 Å². The van der Waals surface area contributed by atoms with Crippen molar-refractivity contribution in [3.63, 3.8) is 0 Å². The average Bonchev–Trinajstić information content (AvgIpc) is 2.49. The molecule has 0 unspecified atom stereocenters. The van der Waals surface area contributed by atoms with Crippen LogP contribution >= 0.6 is 0 Å². The SMILES string of the molecule is Cc1ccc(OCCc2ccc([N+](=O)[O-])cc2)c(CO)n1. The molecular weight excluding hydrogens is 272 g/mol. The van der Waals surface area contributed by atoms with Gasteiger partial charge in [-0.3, -0.25) is 15.1 Å². The third-order valence-electron chi connectivity index (χ3n) is 3.02. The number of aliphatic hydroxyl groups is 1. The summed E-state index contributed by atoms with van der Waals surface area (Å²) < 4.78 is 5.61. The number of hydrogen-bond acceptors (Lipinski definition) is 5. The first-order valence-electron chi connectivity index (χ1n) is 6.53. The molecule has 2 aromatic rings. The average molecular weight is 288 g/mol. The molecule has 0 saturated carbocycles. The lowest BCUT2D eigenvalue weighted by Crippen LogP contribution is -2.05. The van der Waals surface area contributed by atoms with Gasteiger partial charge in [0.15, 0.2) is 0 Å². The third kappa shape index (κ3) is 4.00. The Labute approximate surface area is 122 Å². The van der Waals surface area contributed by atoms with Crippen molar-refractivity contribution in [3.05, 3.63) is 63.5 Å². The normalized spacial score (nSPS) is 10.4. The van der Waals surface area contributed by atoms with Crippen molar-refractivity contribution in [2.75, 3.05) is 6.61 Å². The summed E-state index contributed by atoms with van der Waals surface area (Å²) in [4.78, 5) is 14.3. The molecule has 1 aromatic carbocycles. The van der Waals surface area contributed by atoms with E-state index in [0.29, 0.717) is 24.5 Å². The quantitative estimate of drug-likeness (QED) is 0.651. The van der Waals surface area contributed by atoms with Crippen LogP contribution in [0.1, 0.15) is 17.0 Å². The highest BCUT2D eigenvalue weighted by Gasteiger charge is 2.06. The minimum Gasteiger partial charge on any atom is -0.491 e. The highest BCUT2D eigenvalue weighted by Crippen LogP contribution is 2.18. The lowest BCUT2D eigenvalue weighted by molar-refractivity contribution is -0.384. The molecule has 1 heterocycles. The van der Waals surface area contributed by atoms with E-state index < -0.39 is 4.92 Å². The van der Waals surface area contributed by atoms with Crippen LogP contribution < -0.4 is 4.74 Å². The molecule has 0 aliphatic carbocycles. The zero-order valence-corrected chi connectivity index (χ0v) is 11.7. The van der Waals surface area contributed by atoms with Crippen LogP contribution in [0.5, 0.6) is 5.75 Å². The zero-order chi connectivity index (χ0) is 15.2. The second kappa shape index (κ2) is 6.81. The lowest BCUT2D eigenvalue weighted by atomic mass is 10.1. The molecule has 0 atom stereocenters. The van der Waals surface area contributed by atoms with Crippen LogP contribution in [0.25, 0.3) is 0 Å². The van der Waals surface area contributed by atoms with Gasteiger partial charge in [-0.2, -0.15) is 0 Å². The fourth-order valence-electron chi connectivity index (χ4n) is 1.91. The van der Waals surface area contributed by atoms with Gasteiger partial charge in [-0.25, -0.2) is 0 Å². The van der Waals surface area contributed by atoms with E-state index in [9.17, 15) is 15.2 Å². The van der Waals surface area contributed by atoms with Gasteiger partial charge in [0.2, 0.25) is 0 Å². The number of nitro benzene ring substituents is 1. The summed E-state index contributed by atoms with van der Waals surface area (Å²) in [5, 5.41) is 19.8. The van der Waals surface area contributed by atoms with Gasteiger partial charge < -0.3 is 9.84 Å². The smallest absolute Gasteiger partial charge is 0.269 e. The van der Waals surface area contributed by atoms with Crippen molar-refractivity contribution in [1.82, 2.24) is 4.98 Å². The van der Waals surface area contributed by atoms with E-state index >= 15 is 0 Å². The fourth-order valence-corrected chi connectivity index (χ4v) is 1.91. The molecule has 6 heteroatoms. The highest BCUT2D eigenvalue weighted by molar-refractivity contribution is 5.33. The summed E-state index contributed by atoms with van der Waals surface area (Å²) in [6.45, 7) is 2.09. The minimum absolute atomic E-state index is 0.0740. The number of nitro groups is 1. The number of ether oxygens (including phenoxy) is 1. The summed E-state index contributed by atoms with van der Waals surface area (Å²) in [5.41, 5.74) is 2.36. The first-order valence-corrected chi connectivity index (χ1v) is 6.53. The van der Waals surface area contributed by atoms with Crippen molar-refractivity contribution in [3.8, 4) is 5.75 Å². The number of nitrogens with zero attached hydrogens (tertiary/aromatic N) is 2. The number of non-ortho nitro benzene ring substituents is 1. The Morgan fingerprint density at radius 2 is 1.95 bits per heavy atom. The molecule has 0 aliphatic rings. The second-order valence-electron chi connectivity index (χ2n) is 4.58. The van der Waals surface area contributed by atoms with Crippen LogP contribution in [0.3, 0.4) is 0 Å². The van der Waals surface area contributed by atoms with Crippen LogP contribution in [-0.4, -0.2) is 21.6 Å². The number of aliphatic hydroxyl groups excluding tert-OH is 1. The monoisotopic (exact) mass is 288 g/mol. The Hall–Kier alpha value is -2.47. The van der Waals surface area contributed by atoms with Crippen molar-refractivity contribution in [2.45, 2.75) is 20.0 Å². The van der Waals surface area contributed by atoms with Gasteiger partial charge in [-0.1, -0.05) is 12.1 Å². The van der Waals surface area contributed by atoms with Crippen molar-refractivity contribution in [1.29, 1.82) is 0 Å². The van der Waals surface area contributed by atoms with Gasteiger partial charge in [0.25, 0.3) is 5.69 Å². The largest absolute Gasteiger partial charge is 0.491 e. The molecule has 110 valence electrons. The Kier molecular flexibility index (Phi) is 4.84. The van der Waals surface area contributed by atoms with Gasteiger partial charge in [-0.05, 0) is 24.6 Å². The first-order chi connectivity index (χ1) is 10.1. The number of aromatic nitrogens is 1. The summed E-state index contributed by atoms with van der Waals surface area (Å²) >= 11 is 0. The molecule has 0 spiro atoms. The Bertz CT molecular complexity index is 626. The van der Waals surface area contributed by atoms with Crippen LogP contribution in [0.15, 0.2) is 36.4 Å². The lowest BCUT2D eigenvalue weighted by Gasteiger charge is -2.10. The van der Waals surface area contributed by atoms with E-state index in [-0.39, 0.29) is 12.3 Å². The van der Waals surface area contributed by atoms with Crippen LogP contribution in [-0.2, 0) is 13.0 Å². The first kappa shape index (κ1) is 14.9. The summed E-state index contributed by atoms with van der Waals surface area (Å²) in [6.07, 6.45) is 0.622. The fraction of sp³-hybridized carbons (Fsp3) is 0.267. The van der Waals surface area contributed by atoms with E-state index in [0.717, 1.165) is 11.3 Å². The van der Waals surface area contributed by atoms with Crippen LogP contribution in [0, 0.1) is 17.0 Å². The Morgan fingerprint density at radius 1 is 1.24 bits per heavy atom. The summed E-state index contributed by atoms with van der Waals surface area (Å²) in [7, 11) is 0. The maximum absolute atomic E-state index is 10.6. The summed E-state index contributed by atoms with van der Waals surface area (Å²) in [5.74, 6) is 0.560. The Balaban J connectivity index is 1.93. The number of pyridine rings is 1. The van der Waals surface area contributed by atoms with Gasteiger partial charge in [-0.15, -0.1) is 0 Å². The number of rotatable bonds is 6. The molecular formula is C15H16N2O4. The molecule has 0 fully saturated rings. The van der Waals surface area contributed by atoms with Crippen molar-refractivity contribution >= 4 is 5.69 Å². The van der Waals surface area contributed by atoms with E-state index in [2.05, 4.69) is 4.98 Å². The molecule has 0 saturated heterocycles. The zero-order valence-electron chi connectivity index (χ0n) is 11.7. The number of benzene rings is 1. The molecule has 1 N–H and O–H groups in total. The van der Waals surface area contributed by atoms with E-state index in [1.165, 1.54) is 12.1 Å². The van der Waals surface area contributed by atoms with Gasteiger partial charge in [0.05, 0.1) is 18.1 Å². The molecule has 21 heavy (non-hydrogen) atoms. The van der Waals surface area contributed by atoms with E-state index in [1.54, 1.807) is 18.2 Å². The van der Waals surface area contributed by atoms with E-state index in [4.69, 9.17) is 4.74 Å². The predicted octanol–water partition coefficient (Wildman–Crippen LogP) is 2.41. The van der Waals surface area contributed by atoms with Crippen LogP contribution in [0.4, 0.5) is 5.69 Å². The second-order valence-corrected chi connectivity index (χ2v) is 4.58. The standard InChI is InChI=1S/C15H16N2O4/c1-11-2-7-15(14(10-18)16-11)21-9-8-12-3-5-13(6-4-12)17(19)20/h2-7,18H,8-10H2,1H3. The van der Waals surface area contributed by atoms with Crippen LogP contribution in [0.2, 0.25) is 0 Å². The van der Waals surface area contributed by atoms with Crippen molar-refractivity contribution in [2.24, 2.45) is 0 Å². The predicted molar refractivity (Wildman–Crippen MR) is 77.2 cm³/mol. The number of aryl methyl sites for hydroxylation is 1. The molecule has 1 aromatic heterocycles. The molecule has 2 rings (SSSR count). The van der Waals surface area contributed by atoms with Gasteiger partial charge in [0.1, 0.15) is 11.4 Å². The molecule has 0 amide bonds. The van der Waals surface area contributed by atoms with Crippen molar-refractivity contribution < 1.29 is 14.8 Å². The topological polar surface area (TPSA) is 85.5 Å². The minimum atomic E-state index is -0.425. The molecule has 0 bridgehead atoms. The maximum atomic E-state index is 10.6.